The van der Waals surface area contributed by atoms with Crippen LogP contribution >= 0.6 is 24.0 Å². The number of carbonyl (C=O) groups is 1. The van der Waals surface area contributed by atoms with Crippen molar-refractivity contribution < 1.29 is 13.2 Å². The zero-order valence-electron chi connectivity index (χ0n) is 17.9. The number of amides is 1. The van der Waals surface area contributed by atoms with Gasteiger partial charge in [0.2, 0.25) is 5.91 Å². The van der Waals surface area contributed by atoms with Gasteiger partial charge in [0.1, 0.15) is 0 Å². The Morgan fingerprint density at radius 2 is 1.67 bits per heavy atom. The molecule has 30 heavy (non-hydrogen) atoms. The summed E-state index contributed by atoms with van der Waals surface area (Å²) in [5, 5.41) is 9.45. The first-order valence-electron chi connectivity index (χ1n) is 10.5. The number of guanidine groups is 1. The number of nitrogens with zero attached hydrogens (tertiary/aromatic N) is 1. The fraction of sp³-hybridized carbons (Fsp3) is 0.619. The smallest absolute Gasteiger partial charge is 0.223 e. The van der Waals surface area contributed by atoms with E-state index in [1.165, 1.54) is 12.7 Å². The summed E-state index contributed by atoms with van der Waals surface area (Å²) in [7, 11) is -3.16. The van der Waals surface area contributed by atoms with E-state index in [1.807, 2.05) is 19.1 Å². The van der Waals surface area contributed by atoms with Crippen LogP contribution in [0.2, 0.25) is 0 Å². The van der Waals surface area contributed by atoms with Crippen molar-refractivity contribution in [3.8, 4) is 0 Å². The zero-order chi connectivity index (χ0) is 21.1. The van der Waals surface area contributed by atoms with Crippen molar-refractivity contribution in [2.24, 2.45) is 10.9 Å². The Labute approximate surface area is 197 Å². The summed E-state index contributed by atoms with van der Waals surface area (Å²) in [5.74, 6) is 1.07. The maximum absolute atomic E-state index is 12.2. The molecule has 9 heteroatoms. The molecule has 0 atom stereocenters. The minimum Gasteiger partial charge on any atom is -0.357 e. The lowest BCUT2D eigenvalue weighted by atomic mass is 9.89. The van der Waals surface area contributed by atoms with Gasteiger partial charge in [-0.2, -0.15) is 0 Å². The van der Waals surface area contributed by atoms with Gasteiger partial charge in [-0.1, -0.05) is 31.4 Å². The van der Waals surface area contributed by atoms with Crippen LogP contribution in [0.1, 0.15) is 44.6 Å². The average Bonchev–Trinajstić information content (AvgIpc) is 2.71. The summed E-state index contributed by atoms with van der Waals surface area (Å²) in [6.45, 7) is 4.54. The largest absolute Gasteiger partial charge is 0.357 e. The molecule has 0 bridgehead atoms. The van der Waals surface area contributed by atoms with E-state index in [9.17, 15) is 13.2 Å². The van der Waals surface area contributed by atoms with Crippen molar-refractivity contribution in [3.63, 3.8) is 0 Å². The maximum Gasteiger partial charge on any atom is 0.223 e. The molecule has 170 valence electrons. The van der Waals surface area contributed by atoms with Crippen LogP contribution in [0.5, 0.6) is 0 Å². The number of carbonyl (C=O) groups excluding carboxylic acids is 1. The first-order valence-corrected chi connectivity index (χ1v) is 12.4. The predicted octanol–water partition coefficient (Wildman–Crippen LogP) is 2.50. The molecule has 1 aliphatic carbocycles. The number of nitrogens with one attached hydrogen (secondary N) is 3. The van der Waals surface area contributed by atoms with E-state index >= 15 is 0 Å². The van der Waals surface area contributed by atoms with Gasteiger partial charge >= 0.3 is 0 Å². The zero-order valence-corrected chi connectivity index (χ0v) is 21.1. The lowest BCUT2D eigenvalue weighted by Crippen LogP contribution is -2.42. The number of sulfone groups is 1. The number of hydrogen-bond acceptors (Lipinski definition) is 4. The minimum atomic E-state index is -3.16. The number of benzene rings is 1. The fourth-order valence-corrected chi connectivity index (χ4v) is 4.05. The Bertz CT molecular complexity index is 776. The Balaban J connectivity index is 0.00000450. The number of halogens is 1. The summed E-state index contributed by atoms with van der Waals surface area (Å²) in [6.07, 6.45) is 7.51. The third-order valence-corrected chi connectivity index (χ3v) is 6.19. The Hall–Kier alpha value is -1.36. The van der Waals surface area contributed by atoms with Crippen LogP contribution in [0.3, 0.4) is 0 Å². The van der Waals surface area contributed by atoms with Gasteiger partial charge in [0.05, 0.1) is 4.90 Å². The van der Waals surface area contributed by atoms with E-state index in [0.717, 1.165) is 44.2 Å². The van der Waals surface area contributed by atoms with Crippen molar-refractivity contribution in [1.29, 1.82) is 0 Å². The highest BCUT2D eigenvalue weighted by molar-refractivity contribution is 14.0. The van der Waals surface area contributed by atoms with Gasteiger partial charge < -0.3 is 16.0 Å². The summed E-state index contributed by atoms with van der Waals surface area (Å²) >= 11 is 0. The first kappa shape index (κ1) is 26.7. The van der Waals surface area contributed by atoms with E-state index in [0.29, 0.717) is 30.5 Å². The molecule has 0 aliphatic heterocycles. The van der Waals surface area contributed by atoms with E-state index in [2.05, 4.69) is 20.9 Å². The maximum atomic E-state index is 12.2. The van der Waals surface area contributed by atoms with Crippen LogP contribution < -0.4 is 16.0 Å². The molecule has 0 spiro atoms. The molecule has 0 heterocycles. The summed E-state index contributed by atoms with van der Waals surface area (Å²) in [4.78, 5) is 17.0. The molecule has 0 saturated heterocycles. The molecule has 0 unspecified atom stereocenters. The number of hydrogen-bond donors (Lipinski definition) is 3. The molecule has 0 radical (unpaired) electrons. The van der Waals surface area contributed by atoms with Gasteiger partial charge in [0.15, 0.2) is 15.8 Å². The molecule has 1 fully saturated rings. The topological polar surface area (TPSA) is 99.7 Å². The van der Waals surface area contributed by atoms with Crippen LogP contribution in [-0.4, -0.2) is 52.7 Å². The van der Waals surface area contributed by atoms with Gasteiger partial charge in [0, 0.05) is 38.4 Å². The predicted molar refractivity (Wildman–Crippen MR) is 132 cm³/mol. The Kier molecular flexibility index (Phi) is 12.3. The third kappa shape index (κ3) is 9.63. The minimum absolute atomic E-state index is 0. The normalized spacial score (nSPS) is 15.2. The number of aliphatic imine (C=N–C) groups is 1. The van der Waals surface area contributed by atoms with Crippen LogP contribution in [-0.2, 0) is 21.1 Å². The van der Waals surface area contributed by atoms with Crippen molar-refractivity contribution in [2.45, 2.75) is 50.3 Å². The highest BCUT2D eigenvalue weighted by Crippen LogP contribution is 2.23. The average molecular weight is 551 g/mol. The monoisotopic (exact) mass is 550 g/mol. The summed E-state index contributed by atoms with van der Waals surface area (Å²) in [6, 6.07) is 6.92. The molecule has 1 aromatic carbocycles. The molecule has 1 aromatic rings. The highest BCUT2D eigenvalue weighted by atomic mass is 127. The second kappa shape index (κ2) is 13.8. The van der Waals surface area contributed by atoms with Gasteiger partial charge in [-0.25, -0.2) is 8.42 Å². The van der Waals surface area contributed by atoms with Crippen molar-refractivity contribution in [1.82, 2.24) is 16.0 Å². The van der Waals surface area contributed by atoms with Gasteiger partial charge in [0.25, 0.3) is 0 Å². The van der Waals surface area contributed by atoms with Gasteiger partial charge in [-0.3, -0.25) is 9.79 Å². The van der Waals surface area contributed by atoms with E-state index in [-0.39, 0.29) is 35.8 Å². The quantitative estimate of drug-likeness (QED) is 0.190. The molecule has 7 nitrogen and oxygen atoms in total. The second-order valence-electron chi connectivity index (χ2n) is 7.48. The number of rotatable bonds is 9. The lowest BCUT2D eigenvalue weighted by molar-refractivity contribution is -0.125. The molecule has 1 amide bonds. The van der Waals surface area contributed by atoms with Crippen molar-refractivity contribution >= 4 is 45.7 Å². The second-order valence-corrected chi connectivity index (χ2v) is 9.50. The van der Waals surface area contributed by atoms with Gasteiger partial charge in [-0.05, 0) is 43.9 Å². The molecule has 2 rings (SSSR count). The molecular formula is C21H35IN4O3S. The molecule has 1 aliphatic rings. The first-order chi connectivity index (χ1) is 13.9. The van der Waals surface area contributed by atoms with Crippen LogP contribution in [0, 0.1) is 5.92 Å². The van der Waals surface area contributed by atoms with Crippen molar-refractivity contribution in [2.75, 3.05) is 32.4 Å². The Morgan fingerprint density at radius 1 is 1.03 bits per heavy atom. The lowest BCUT2D eigenvalue weighted by Gasteiger charge is -2.21. The SMILES string of the molecule is CCNC(=NCCc1ccc(S(C)(=O)=O)cc1)NCCNC(=O)C1CCCCC1.I. The molecule has 3 N–H and O–H groups in total. The van der Waals surface area contributed by atoms with E-state index in [1.54, 1.807) is 12.1 Å². The Morgan fingerprint density at radius 3 is 2.27 bits per heavy atom. The van der Waals surface area contributed by atoms with Crippen molar-refractivity contribution in [3.05, 3.63) is 29.8 Å². The molecule has 1 saturated carbocycles. The molecule has 0 aromatic heterocycles. The summed E-state index contributed by atoms with van der Waals surface area (Å²) in [5.41, 5.74) is 1.04. The standard InChI is InChI=1S/C21H34N4O3S.HI/c1-3-22-21(25-16-15-23-20(26)18-7-5-4-6-8-18)24-14-13-17-9-11-19(12-10-17)29(2,27)28;/h9-12,18H,3-8,13-16H2,1-2H3,(H,23,26)(H2,22,24,25);1H. The van der Waals surface area contributed by atoms with Crippen LogP contribution in [0.25, 0.3) is 0 Å². The highest BCUT2D eigenvalue weighted by Gasteiger charge is 2.20. The van der Waals surface area contributed by atoms with E-state index < -0.39 is 9.84 Å². The van der Waals surface area contributed by atoms with Crippen LogP contribution in [0.15, 0.2) is 34.2 Å². The third-order valence-electron chi connectivity index (χ3n) is 5.06. The van der Waals surface area contributed by atoms with Crippen LogP contribution in [0.4, 0.5) is 0 Å². The van der Waals surface area contributed by atoms with Gasteiger partial charge in [-0.15, -0.1) is 24.0 Å². The van der Waals surface area contributed by atoms with E-state index in [4.69, 9.17) is 0 Å². The summed E-state index contributed by atoms with van der Waals surface area (Å²) < 4.78 is 23.0. The fourth-order valence-electron chi connectivity index (χ4n) is 3.42. The molecular weight excluding hydrogens is 515 g/mol.